The number of aryl methyl sites for hydroxylation is 2. The van der Waals surface area contributed by atoms with Crippen molar-refractivity contribution in [1.82, 2.24) is 10.2 Å². The lowest BCUT2D eigenvalue weighted by Crippen LogP contribution is -2.52. The second-order valence-electron chi connectivity index (χ2n) is 9.27. The number of halogens is 1. The van der Waals surface area contributed by atoms with E-state index in [4.69, 9.17) is 11.6 Å². The summed E-state index contributed by atoms with van der Waals surface area (Å²) in [5.74, 6) is -0.471. The highest BCUT2D eigenvalue weighted by Gasteiger charge is 2.32. The van der Waals surface area contributed by atoms with E-state index in [9.17, 15) is 18.0 Å². The average molecular weight is 522 g/mol. The van der Waals surface area contributed by atoms with E-state index in [2.05, 4.69) is 5.32 Å². The lowest BCUT2D eigenvalue weighted by molar-refractivity contribution is -0.140. The molecule has 0 heterocycles. The third-order valence-corrected chi connectivity index (χ3v) is 7.03. The topological polar surface area (TPSA) is 86.8 Å². The number of hydrogen-bond acceptors (Lipinski definition) is 4. The smallest absolute Gasteiger partial charge is 0.244 e. The number of hydrogen-bond donors (Lipinski definition) is 1. The van der Waals surface area contributed by atoms with Gasteiger partial charge in [0.25, 0.3) is 0 Å². The minimum absolute atomic E-state index is 0.147. The van der Waals surface area contributed by atoms with Gasteiger partial charge in [0.2, 0.25) is 21.8 Å². The van der Waals surface area contributed by atoms with Crippen LogP contribution in [-0.2, 0) is 26.2 Å². The Labute approximate surface area is 214 Å². The minimum atomic E-state index is -3.77. The normalized spacial score (nSPS) is 12.3. The van der Waals surface area contributed by atoms with Crippen molar-refractivity contribution in [1.29, 1.82) is 0 Å². The van der Waals surface area contributed by atoms with Gasteiger partial charge < -0.3 is 10.2 Å². The minimum Gasteiger partial charge on any atom is -0.354 e. The molecule has 2 aromatic rings. The molecule has 0 bridgehead atoms. The molecule has 0 spiro atoms. The lowest BCUT2D eigenvalue weighted by atomic mass is 10.1. The molecule has 1 atom stereocenters. The van der Waals surface area contributed by atoms with Crippen LogP contribution in [0.2, 0.25) is 5.02 Å². The maximum absolute atomic E-state index is 13.7. The van der Waals surface area contributed by atoms with E-state index in [1.165, 1.54) is 4.90 Å². The fraction of sp³-hybridized carbons (Fsp3) is 0.462. The summed E-state index contributed by atoms with van der Waals surface area (Å²) in [5.41, 5.74) is 2.85. The summed E-state index contributed by atoms with van der Waals surface area (Å²) >= 11 is 6.02. The molecule has 0 unspecified atom stereocenters. The number of anilines is 1. The molecule has 0 fully saturated rings. The molecule has 0 aliphatic carbocycles. The monoisotopic (exact) mass is 521 g/mol. The first-order valence-corrected chi connectivity index (χ1v) is 13.9. The number of nitrogens with zero attached hydrogens (tertiary/aromatic N) is 2. The fourth-order valence-electron chi connectivity index (χ4n) is 3.71. The maximum atomic E-state index is 13.7. The first kappa shape index (κ1) is 28.7. The zero-order valence-electron chi connectivity index (χ0n) is 21.3. The van der Waals surface area contributed by atoms with Crippen LogP contribution in [0.25, 0.3) is 0 Å². The van der Waals surface area contributed by atoms with Crippen LogP contribution in [0.3, 0.4) is 0 Å². The Morgan fingerprint density at radius 1 is 1.06 bits per heavy atom. The van der Waals surface area contributed by atoms with Crippen LogP contribution in [0, 0.1) is 19.8 Å². The van der Waals surface area contributed by atoms with Crippen molar-refractivity contribution < 1.29 is 18.0 Å². The molecular weight excluding hydrogens is 486 g/mol. The van der Waals surface area contributed by atoms with Crippen molar-refractivity contribution in [3.05, 3.63) is 64.2 Å². The fourth-order valence-corrected chi connectivity index (χ4v) is 4.74. The summed E-state index contributed by atoms with van der Waals surface area (Å²) in [6, 6.07) is 11.7. The zero-order valence-corrected chi connectivity index (χ0v) is 22.9. The van der Waals surface area contributed by atoms with Gasteiger partial charge in [0.1, 0.15) is 12.6 Å². The SMILES string of the molecule is CC[C@H](C(=O)NCC(C)C)N(Cc1ccc(Cl)cc1)C(=O)CN(c1cc(C)ccc1C)S(C)(=O)=O. The summed E-state index contributed by atoms with van der Waals surface area (Å²) in [7, 11) is -3.77. The number of carbonyl (C=O) groups excluding carboxylic acids is 2. The molecule has 35 heavy (non-hydrogen) atoms. The molecule has 192 valence electrons. The highest BCUT2D eigenvalue weighted by molar-refractivity contribution is 7.92. The second-order valence-corrected chi connectivity index (χ2v) is 11.6. The van der Waals surface area contributed by atoms with Gasteiger partial charge in [-0.25, -0.2) is 8.42 Å². The number of sulfonamides is 1. The predicted molar refractivity (Wildman–Crippen MR) is 142 cm³/mol. The Morgan fingerprint density at radius 3 is 2.23 bits per heavy atom. The van der Waals surface area contributed by atoms with Gasteiger partial charge in [-0.15, -0.1) is 0 Å². The van der Waals surface area contributed by atoms with Gasteiger partial charge >= 0.3 is 0 Å². The molecule has 0 aromatic heterocycles. The van der Waals surface area contributed by atoms with Gasteiger partial charge in [0.15, 0.2) is 0 Å². The molecule has 7 nitrogen and oxygen atoms in total. The first-order chi connectivity index (χ1) is 16.3. The Balaban J connectivity index is 2.45. The van der Waals surface area contributed by atoms with Gasteiger partial charge in [-0.2, -0.15) is 0 Å². The van der Waals surface area contributed by atoms with E-state index in [-0.39, 0.29) is 18.4 Å². The third-order valence-electron chi connectivity index (χ3n) is 5.65. The van der Waals surface area contributed by atoms with E-state index in [0.29, 0.717) is 23.7 Å². The van der Waals surface area contributed by atoms with E-state index in [1.54, 1.807) is 37.3 Å². The highest BCUT2D eigenvalue weighted by Crippen LogP contribution is 2.25. The molecule has 1 N–H and O–H groups in total. The van der Waals surface area contributed by atoms with Crippen molar-refractivity contribution in [3.8, 4) is 0 Å². The van der Waals surface area contributed by atoms with Crippen LogP contribution in [0.4, 0.5) is 5.69 Å². The number of rotatable bonds is 11. The van der Waals surface area contributed by atoms with Gasteiger partial charge in [-0.1, -0.05) is 56.6 Å². The molecule has 0 aliphatic heterocycles. The van der Waals surface area contributed by atoms with Crippen molar-refractivity contribution in [2.75, 3.05) is 23.7 Å². The van der Waals surface area contributed by atoms with Crippen molar-refractivity contribution in [2.24, 2.45) is 5.92 Å². The van der Waals surface area contributed by atoms with E-state index >= 15 is 0 Å². The molecular formula is C26H36ClN3O4S. The number of amides is 2. The summed E-state index contributed by atoms with van der Waals surface area (Å²) in [6.07, 6.45) is 1.46. The van der Waals surface area contributed by atoms with Gasteiger partial charge in [-0.3, -0.25) is 13.9 Å². The molecule has 0 saturated heterocycles. The highest BCUT2D eigenvalue weighted by atomic mass is 35.5. The predicted octanol–water partition coefficient (Wildman–Crippen LogP) is 4.30. The van der Waals surface area contributed by atoms with Crippen LogP contribution >= 0.6 is 11.6 Å². The molecule has 0 saturated carbocycles. The van der Waals surface area contributed by atoms with Crippen molar-refractivity contribution in [3.63, 3.8) is 0 Å². The number of nitrogens with one attached hydrogen (secondary N) is 1. The summed E-state index contributed by atoms with van der Waals surface area (Å²) in [6.45, 7) is 9.70. The van der Waals surface area contributed by atoms with Crippen LogP contribution in [-0.4, -0.2) is 50.5 Å². The largest absolute Gasteiger partial charge is 0.354 e. The van der Waals surface area contributed by atoms with Crippen molar-refractivity contribution >= 4 is 39.1 Å². The van der Waals surface area contributed by atoms with Gasteiger partial charge in [-0.05, 0) is 61.1 Å². The van der Waals surface area contributed by atoms with E-state index < -0.39 is 28.5 Å². The summed E-state index contributed by atoms with van der Waals surface area (Å²) in [5, 5.41) is 3.47. The van der Waals surface area contributed by atoms with Crippen LogP contribution in [0.15, 0.2) is 42.5 Å². The number of carbonyl (C=O) groups is 2. The second kappa shape index (κ2) is 12.4. The Morgan fingerprint density at radius 2 is 1.69 bits per heavy atom. The lowest BCUT2D eigenvalue weighted by Gasteiger charge is -2.33. The Hall–Kier alpha value is -2.58. The van der Waals surface area contributed by atoms with Crippen LogP contribution in [0.1, 0.15) is 43.9 Å². The third kappa shape index (κ3) is 8.25. The summed E-state index contributed by atoms with van der Waals surface area (Å²) < 4.78 is 26.6. The average Bonchev–Trinajstić information content (AvgIpc) is 2.78. The molecule has 2 aromatic carbocycles. The summed E-state index contributed by atoms with van der Waals surface area (Å²) in [4.78, 5) is 28.2. The molecule has 0 aliphatic rings. The standard InChI is InChI=1S/C26H36ClN3O4S/c1-7-23(26(32)28-15-18(2)3)29(16-21-10-12-22(27)13-11-21)25(31)17-30(35(6,33)34)24-14-19(4)8-9-20(24)5/h8-14,18,23H,7,15-17H2,1-6H3,(H,28,32)/t23-/m1/s1. The maximum Gasteiger partial charge on any atom is 0.244 e. The van der Waals surface area contributed by atoms with Gasteiger partial charge in [0.05, 0.1) is 11.9 Å². The van der Waals surface area contributed by atoms with E-state index in [1.807, 2.05) is 39.8 Å². The first-order valence-electron chi connectivity index (χ1n) is 11.7. The molecule has 0 radical (unpaired) electrons. The molecule has 9 heteroatoms. The molecule has 2 amide bonds. The van der Waals surface area contributed by atoms with Crippen LogP contribution in [0.5, 0.6) is 0 Å². The quantitative estimate of drug-likeness (QED) is 0.477. The molecule has 2 rings (SSSR count). The number of benzene rings is 2. The Bertz CT molecular complexity index is 1130. The zero-order chi connectivity index (χ0) is 26.3. The van der Waals surface area contributed by atoms with Gasteiger partial charge in [0, 0.05) is 18.1 Å². The van der Waals surface area contributed by atoms with E-state index in [0.717, 1.165) is 27.3 Å². The Kier molecular flexibility index (Phi) is 10.2. The van der Waals surface area contributed by atoms with Crippen molar-refractivity contribution in [2.45, 2.75) is 53.6 Å². The van der Waals surface area contributed by atoms with Crippen LogP contribution < -0.4 is 9.62 Å².